The molecule has 0 radical (unpaired) electrons. The summed E-state index contributed by atoms with van der Waals surface area (Å²) >= 11 is 0.406. The van der Waals surface area contributed by atoms with E-state index in [1.165, 1.54) is 0 Å². The molecule has 0 aliphatic carbocycles. The Kier molecular flexibility index (Phi) is 3.40. The highest BCUT2D eigenvalue weighted by Crippen LogP contribution is 2.24. The molecule has 0 fully saturated rings. The minimum Gasteiger partial charge on any atom is -0.497 e. The van der Waals surface area contributed by atoms with Crippen molar-refractivity contribution < 1.29 is 14.4 Å². The average Bonchev–Trinajstić information content (AvgIpc) is 2.17. The van der Waals surface area contributed by atoms with Crippen molar-refractivity contribution >= 4 is 12.0 Å². The van der Waals surface area contributed by atoms with Crippen LogP contribution in [-0.2, 0) is 0 Å². The number of methoxy groups -OCH3 is 1. The van der Waals surface area contributed by atoms with Crippen molar-refractivity contribution in [1.82, 2.24) is 0 Å². The van der Waals surface area contributed by atoms with Gasteiger partial charge in [-0.25, -0.2) is 0 Å². The van der Waals surface area contributed by atoms with E-state index in [9.17, 15) is 0 Å². The zero-order valence-corrected chi connectivity index (χ0v) is 7.41. The van der Waals surface area contributed by atoms with Gasteiger partial charge in [0.15, 0.2) is 0 Å². The lowest BCUT2D eigenvalue weighted by Crippen LogP contribution is -1.91. The van der Waals surface area contributed by atoms with E-state index < -0.39 is 5.44 Å². The van der Waals surface area contributed by atoms with Crippen molar-refractivity contribution in [1.29, 1.82) is 0 Å². The van der Waals surface area contributed by atoms with Crippen molar-refractivity contribution in [2.24, 2.45) is 0 Å². The maximum Gasteiger partial charge on any atom is 0.150 e. The molecule has 0 aliphatic heterocycles. The van der Waals surface area contributed by atoms with Crippen LogP contribution in [-0.4, -0.2) is 16.8 Å². The van der Waals surface area contributed by atoms with Gasteiger partial charge in [0.25, 0.3) is 0 Å². The Bertz CT molecular complexity index is 235. The van der Waals surface area contributed by atoms with Crippen molar-refractivity contribution in [2.75, 3.05) is 7.11 Å². The second kappa shape index (κ2) is 4.35. The molecular formula is C8H10O3S. The third-order valence-corrected chi connectivity index (χ3v) is 1.97. The maximum absolute atomic E-state index is 9.17. The van der Waals surface area contributed by atoms with E-state index in [4.69, 9.17) is 14.4 Å². The number of benzene rings is 1. The van der Waals surface area contributed by atoms with Crippen LogP contribution >= 0.6 is 12.0 Å². The Morgan fingerprint density at radius 3 is 2.33 bits per heavy atom. The van der Waals surface area contributed by atoms with E-state index >= 15 is 0 Å². The van der Waals surface area contributed by atoms with Crippen LogP contribution < -0.4 is 4.74 Å². The minimum atomic E-state index is -0.879. The Morgan fingerprint density at radius 1 is 1.33 bits per heavy atom. The third-order valence-electron chi connectivity index (χ3n) is 1.50. The Balaban J connectivity index is 2.77. The minimum absolute atomic E-state index is 0.406. The molecule has 0 bridgehead atoms. The van der Waals surface area contributed by atoms with Crippen molar-refractivity contribution in [3.8, 4) is 5.75 Å². The first-order chi connectivity index (χ1) is 5.77. The molecule has 0 aromatic heterocycles. The molecule has 1 aromatic carbocycles. The summed E-state index contributed by atoms with van der Waals surface area (Å²) in [5.74, 6) is 0.730. The Labute approximate surface area is 75.2 Å². The number of ether oxygens (including phenoxy) is 1. The predicted octanol–water partition coefficient (Wildman–Crippen LogP) is 1.89. The largest absolute Gasteiger partial charge is 0.497 e. The van der Waals surface area contributed by atoms with Gasteiger partial charge in [0.2, 0.25) is 0 Å². The van der Waals surface area contributed by atoms with E-state index in [0.717, 1.165) is 5.75 Å². The summed E-state index contributed by atoms with van der Waals surface area (Å²) in [5, 5.41) is 9.17. The molecule has 2 N–H and O–H groups in total. The van der Waals surface area contributed by atoms with Crippen LogP contribution in [0.2, 0.25) is 0 Å². The van der Waals surface area contributed by atoms with Crippen LogP contribution in [0.5, 0.6) is 5.75 Å². The van der Waals surface area contributed by atoms with Crippen LogP contribution in [0.25, 0.3) is 0 Å². The summed E-state index contributed by atoms with van der Waals surface area (Å²) < 4.78 is 13.5. The second-order valence-corrected chi connectivity index (χ2v) is 2.89. The predicted molar refractivity (Wildman–Crippen MR) is 48.2 cm³/mol. The highest BCUT2D eigenvalue weighted by atomic mass is 32.2. The van der Waals surface area contributed by atoms with Gasteiger partial charge in [-0.15, -0.1) is 0 Å². The van der Waals surface area contributed by atoms with Gasteiger partial charge in [0.1, 0.15) is 11.2 Å². The van der Waals surface area contributed by atoms with E-state index in [-0.39, 0.29) is 0 Å². The van der Waals surface area contributed by atoms with Crippen LogP contribution in [0.1, 0.15) is 11.0 Å². The highest BCUT2D eigenvalue weighted by Gasteiger charge is 2.05. The average molecular weight is 186 g/mol. The molecule has 1 unspecified atom stereocenters. The lowest BCUT2D eigenvalue weighted by Gasteiger charge is -2.06. The summed E-state index contributed by atoms with van der Waals surface area (Å²) in [4.78, 5) is 0. The van der Waals surface area contributed by atoms with Crippen molar-refractivity contribution in [3.05, 3.63) is 29.8 Å². The van der Waals surface area contributed by atoms with Crippen molar-refractivity contribution in [2.45, 2.75) is 5.44 Å². The van der Waals surface area contributed by atoms with Gasteiger partial charge in [0, 0.05) is 12.0 Å². The molecular weight excluding hydrogens is 176 g/mol. The lowest BCUT2D eigenvalue weighted by atomic mass is 10.2. The van der Waals surface area contributed by atoms with Gasteiger partial charge in [0.05, 0.1) is 7.11 Å². The van der Waals surface area contributed by atoms with Crippen LogP contribution in [0.4, 0.5) is 0 Å². The van der Waals surface area contributed by atoms with Crippen LogP contribution in [0.15, 0.2) is 24.3 Å². The van der Waals surface area contributed by atoms with Gasteiger partial charge in [-0.1, -0.05) is 12.1 Å². The van der Waals surface area contributed by atoms with Gasteiger partial charge >= 0.3 is 0 Å². The van der Waals surface area contributed by atoms with Gasteiger partial charge in [-0.3, -0.25) is 0 Å². The summed E-state index contributed by atoms with van der Waals surface area (Å²) in [6.45, 7) is 0. The number of aliphatic hydroxyl groups is 1. The number of aliphatic hydroxyl groups excluding tert-OH is 1. The maximum atomic E-state index is 9.17. The normalized spacial score (nSPS) is 12.6. The molecule has 0 saturated heterocycles. The van der Waals surface area contributed by atoms with Gasteiger partial charge in [-0.2, -0.15) is 0 Å². The topological polar surface area (TPSA) is 49.7 Å². The fraction of sp³-hybridized carbons (Fsp3) is 0.250. The molecule has 66 valence electrons. The summed E-state index contributed by atoms with van der Waals surface area (Å²) in [6.07, 6.45) is 0. The first kappa shape index (κ1) is 9.38. The molecule has 0 saturated carbocycles. The third kappa shape index (κ3) is 2.14. The molecule has 1 atom stereocenters. The summed E-state index contributed by atoms with van der Waals surface area (Å²) in [6, 6.07) is 6.86. The van der Waals surface area contributed by atoms with E-state index in [1.54, 1.807) is 31.4 Å². The van der Waals surface area contributed by atoms with Crippen LogP contribution in [0, 0.1) is 0 Å². The monoisotopic (exact) mass is 186 g/mol. The molecule has 3 nitrogen and oxygen atoms in total. The molecule has 0 aliphatic rings. The van der Waals surface area contributed by atoms with E-state index in [1.807, 2.05) is 0 Å². The van der Waals surface area contributed by atoms with Gasteiger partial charge in [-0.05, 0) is 17.7 Å². The van der Waals surface area contributed by atoms with Crippen LogP contribution in [0.3, 0.4) is 0 Å². The molecule has 4 heteroatoms. The first-order valence-corrected chi connectivity index (χ1v) is 4.24. The highest BCUT2D eigenvalue weighted by molar-refractivity contribution is 7.93. The molecule has 0 heterocycles. The zero-order chi connectivity index (χ0) is 8.97. The molecule has 12 heavy (non-hydrogen) atoms. The molecule has 0 spiro atoms. The van der Waals surface area contributed by atoms with Crippen molar-refractivity contribution in [3.63, 3.8) is 0 Å². The fourth-order valence-corrected chi connectivity index (χ4v) is 1.11. The van der Waals surface area contributed by atoms with Gasteiger partial charge < -0.3 is 14.4 Å². The molecule has 0 amide bonds. The first-order valence-electron chi connectivity index (χ1n) is 3.40. The summed E-state index contributed by atoms with van der Waals surface area (Å²) in [7, 11) is 1.58. The van der Waals surface area contributed by atoms with E-state index in [0.29, 0.717) is 17.6 Å². The number of hydrogen-bond acceptors (Lipinski definition) is 4. The molecule has 1 rings (SSSR count). The van der Waals surface area contributed by atoms with E-state index in [2.05, 4.69) is 0 Å². The number of rotatable bonds is 3. The standard InChI is InChI=1S/C8H10O3S/c1-11-7-4-2-6(3-5-7)8(9)12-10/h2-5,8-10H,1H3. The lowest BCUT2D eigenvalue weighted by molar-refractivity contribution is 0.262. The Morgan fingerprint density at radius 2 is 1.92 bits per heavy atom. The number of hydrogen-bond donors (Lipinski definition) is 2. The fourth-order valence-electron chi connectivity index (χ4n) is 0.829. The second-order valence-electron chi connectivity index (χ2n) is 2.23. The Hall–Kier alpha value is -0.710. The molecule has 1 aromatic rings. The summed E-state index contributed by atoms with van der Waals surface area (Å²) in [5.41, 5.74) is -0.223. The quantitative estimate of drug-likeness (QED) is 0.559. The zero-order valence-electron chi connectivity index (χ0n) is 6.60. The SMILES string of the molecule is COc1ccc(C(O)SO)cc1. The smallest absolute Gasteiger partial charge is 0.150 e.